The molecule has 6 heterocycles. The Kier molecular flexibility index (Phi) is 4.76. The van der Waals surface area contributed by atoms with Crippen molar-refractivity contribution in [2.24, 2.45) is 0 Å². The van der Waals surface area contributed by atoms with Crippen molar-refractivity contribution in [3.8, 4) is 69.0 Å². The number of benzene rings is 7. The number of hydrogen-bond acceptors (Lipinski definition) is 6. The summed E-state index contributed by atoms with van der Waals surface area (Å²) in [6.07, 6.45) is 0. The Labute approximate surface area is 293 Å². The molecule has 0 radical (unpaired) electrons. The molecular weight excluding hydrogens is 633 g/mol. The first-order valence-electron chi connectivity index (χ1n) is 17.3. The summed E-state index contributed by atoms with van der Waals surface area (Å²) in [6.45, 7) is -0.444. The Morgan fingerprint density at radius 1 is 0.235 bits per heavy atom. The van der Waals surface area contributed by atoms with E-state index in [4.69, 9.17) is 28.4 Å². The van der Waals surface area contributed by atoms with Gasteiger partial charge in [-0.25, -0.2) is 0 Å². The number of para-hydroxylation sites is 2. The summed E-state index contributed by atoms with van der Waals surface area (Å²) in [5.41, 5.74) is 9.33. The molecule has 0 fully saturated rings. The first-order valence-corrected chi connectivity index (χ1v) is 17.3. The predicted molar refractivity (Wildman–Crippen MR) is 200 cm³/mol. The first kappa shape index (κ1) is 26.4. The summed E-state index contributed by atoms with van der Waals surface area (Å²) < 4.78 is 40.4. The highest BCUT2D eigenvalue weighted by atomic mass is 16.5. The summed E-state index contributed by atoms with van der Waals surface area (Å²) in [5, 5.41) is 0. The van der Waals surface area contributed by atoms with Crippen LogP contribution >= 0.6 is 0 Å². The summed E-state index contributed by atoms with van der Waals surface area (Å²) in [7, 11) is 0. The van der Waals surface area contributed by atoms with Crippen molar-refractivity contribution in [2.45, 2.75) is 0 Å². The van der Waals surface area contributed by atoms with Crippen molar-refractivity contribution < 1.29 is 28.4 Å². The molecule has 6 aliphatic heterocycles. The first-order chi connectivity index (χ1) is 25.3. The molecule has 234 valence electrons. The van der Waals surface area contributed by atoms with Crippen LogP contribution in [0.1, 0.15) is 0 Å². The Hall–Kier alpha value is -6.47. The second kappa shape index (κ2) is 9.20. The molecule has 0 aromatic heterocycles. The lowest BCUT2D eigenvalue weighted by molar-refractivity contribution is 0.448. The van der Waals surface area contributed by atoms with Gasteiger partial charge < -0.3 is 28.4 Å². The van der Waals surface area contributed by atoms with E-state index in [1.165, 1.54) is 0 Å². The maximum atomic E-state index is 7.02. The molecule has 9 heteroatoms. The number of fused-ring (bicyclic) bond motifs is 14. The van der Waals surface area contributed by atoms with Gasteiger partial charge in [-0.15, -0.1) is 0 Å². The van der Waals surface area contributed by atoms with E-state index in [2.05, 4.69) is 48.5 Å². The Morgan fingerprint density at radius 3 is 1.02 bits per heavy atom. The quantitative estimate of drug-likeness (QED) is 0.232. The van der Waals surface area contributed by atoms with Gasteiger partial charge in [0.25, 0.3) is 20.1 Å². The fourth-order valence-corrected chi connectivity index (χ4v) is 9.27. The average molecular weight is 654 g/mol. The zero-order chi connectivity index (χ0) is 32.9. The zero-order valence-corrected chi connectivity index (χ0v) is 26.8. The number of hydrogen-bond donors (Lipinski definition) is 0. The standard InChI is InChI=1S/C42H21B3O6/c1-3-10-26-22(8-1)43-24-18-20-34-39(41(24)50-32-16-6-12-28(46-26)36(32)43)45-38-30(48-34)14-5-15-31(38)49-35-21-19-25-42(40(35)45)51-33-17-7-13-29-37(33)44(25)23-9-2-4-11-27(23)47-29/h1-21H. The van der Waals surface area contributed by atoms with Crippen molar-refractivity contribution in [3.63, 3.8) is 0 Å². The number of rotatable bonds is 0. The van der Waals surface area contributed by atoms with E-state index in [1.807, 2.05) is 78.9 Å². The van der Waals surface area contributed by atoms with E-state index in [0.29, 0.717) is 0 Å². The minimum absolute atomic E-state index is 0.0730. The summed E-state index contributed by atoms with van der Waals surface area (Å²) in [4.78, 5) is 0. The average Bonchev–Trinajstić information content (AvgIpc) is 3.17. The van der Waals surface area contributed by atoms with Gasteiger partial charge in [0.2, 0.25) is 0 Å². The lowest BCUT2D eigenvalue weighted by atomic mass is 9.29. The summed E-state index contributed by atoms with van der Waals surface area (Å²) >= 11 is 0. The van der Waals surface area contributed by atoms with Gasteiger partial charge in [-0.2, -0.15) is 0 Å². The molecule has 0 spiro atoms. The molecule has 6 aliphatic rings. The second-order valence-corrected chi connectivity index (χ2v) is 13.8. The van der Waals surface area contributed by atoms with Crippen LogP contribution in [0, 0.1) is 0 Å². The lowest BCUT2D eigenvalue weighted by Crippen LogP contribution is -2.64. The molecule has 0 atom stereocenters. The second-order valence-electron chi connectivity index (χ2n) is 13.8. The van der Waals surface area contributed by atoms with Crippen molar-refractivity contribution in [1.82, 2.24) is 0 Å². The smallest absolute Gasteiger partial charge is 0.270 e. The minimum atomic E-state index is -0.298. The van der Waals surface area contributed by atoms with Gasteiger partial charge in [-0.1, -0.05) is 66.7 Å². The van der Waals surface area contributed by atoms with Gasteiger partial charge >= 0.3 is 0 Å². The van der Waals surface area contributed by atoms with Crippen molar-refractivity contribution >= 4 is 69.3 Å². The van der Waals surface area contributed by atoms with Gasteiger partial charge in [-0.3, -0.25) is 0 Å². The van der Waals surface area contributed by atoms with Gasteiger partial charge in [0.15, 0.2) is 0 Å². The molecule has 13 rings (SSSR count). The van der Waals surface area contributed by atoms with Gasteiger partial charge in [0.05, 0.1) is 0 Å². The van der Waals surface area contributed by atoms with Gasteiger partial charge in [0.1, 0.15) is 69.0 Å². The maximum Gasteiger partial charge on any atom is 0.270 e. The molecular formula is C42H21B3O6. The topological polar surface area (TPSA) is 55.4 Å². The largest absolute Gasteiger partial charge is 0.459 e. The molecule has 6 nitrogen and oxygen atoms in total. The monoisotopic (exact) mass is 654 g/mol. The Balaban J connectivity index is 1.10. The molecule has 7 aromatic rings. The van der Waals surface area contributed by atoms with Crippen LogP contribution in [0.5, 0.6) is 69.0 Å². The summed E-state index contributed by atoms with van der Waals surface area (Å²) in [5.74, 6) is 9.54. The molecule has 0 saturated heterocycles. The normalized spacial score (nSPS) is 14.7. The van der Waals surface area contributed by atoms with Crippen LogP contribution in [0.3, 0.4) is 0 Å². The molecule has 0 bridgehead atoms. The Bertz CT molecular complexity index is 2580. The zero-order valence-electron chi connectivity index (χ0n) is 26.8. The third-order valence-corrected chi connectivity index (χ3v) is 11.3. The third-order valence-electron chi connectivity index (χ3n) is 11.3. The lowest BCUT2D eigenvalue weighted by Gasteiger charge is -2.39. The van der Waals surface area contributed by atoms with E-state index in [0.717, 1.165) is 118 Å². The maximum absolute atomic E-state index is 7.02. The van der Waals surface area contributed by atoms with Crippen molar-refractivity contribution in [1.29, 1.82) is 0 Å². The molecule has 0 aliphatic carbocycles. The highest BCUT2D eigenvalue weighted by Gasteiger charge is 2.50. The molecule has 0 unspecified atom stereocenters. The third kappa shape index (κ3) is 3.27. The fraction of sp³-hybridized carbons (Fsp3) is 0. The van der Waals surface area contributed by atoms with Crippen LogP contribution in [0.4, 0.5) is 0 Å². The van der Waals surface area contributed by atoms with E-state index in [1.54, 1.807) is 0 Å². The highest BCUT2D eigenvalue weighted by Crippen LogP contribution is 2.42. The van der Waals surface area contributed by atoms with E-state index in [9.17, 15) is 0 Å². The summed E-state index contributed by atoms with van der Waals surface area (Å²) in [6, 6.07) is 43.2. The van der Waals surface area contributed by atoms with Crippen molar-refractivity contribution in [3.05, 3.63) is 127 Å². The van der Waals surface area contributed by atoms with Gasteiger partial charge in [-0.05, 0) is 82.5 Å². The van der Waals surface area contributed by atoms with E-state index < -0.39 is 0 Å². The van der Waals surface area contributed by atoms with Crippen LogP contribution in [0.25, 0.3) is 0 Å². The highest BCUT2D eigenvalue weighted by molar-refractivity contribution is 7.03. The molecule has 7 aromatic carbocycles. The van der Waals surface area contributed by atoms with Gasteiger partial charge in [0, 0.05) is 27.3 Å². The van der Waals surface area contributed by atoms with Crippen LogP contribution in [0.2, 0.25) is 0 Å². The fourth-order valence-electron chi connectivity index (χ4n) is 9.27. The molecule has 0 saturated carbocycles. The predicted octanol–water partition coefficient (Wildman–Crippen LogP) is 3.87. The van der Waals surface area contributed by atoms with E-state index in [-0.39, 0.29) is 20.1 Å². The van der Waals surface area contributed by atoms with Crippen LogP contribution in [0.15, 0.2) is 127 Å². The van der Waals surface area contributed by atoms with Crippen LogP contribution in [-0.2, 0) is 0 Å². The molecule has 51 heavy (non-hydrogen) atoms. The van der Waals surface area contributed by atoms with Crippen LogP contribution in [-0.4, -0.2) is 20.1 Å². The van der Waals surface area contributed by atoms with Crippen LogP contribution < -0.4 is 77.6 Å². The SMILES string of the molecule is c1ccc2c(c1)Oc1cccc3c1B2c1ccc2c(c1O3)B1c3c(cccc3Oc3ccc4c(c31)Oc1cccc3c1B4c1ccccc1O3)O2. The van der Waals surface area contributed by atoms with Crippen molar-refractivity contribution in [2.75, 3.05) is 0 Å². The van der Waals surface area contributed by atoms with E-state index >= 15 is 0 Å². The Morgan fingerprint density at radius 2 is 0.569 bits per heavy atom. The minimum Gasteiger partial charge on any atom is -0.459 e. The number of ether oxygens (including phenoxy) is 6. The molecule has 0 amide bonds. The molecule has 0 N–H and O–H groups in total.